The minimum Gasteiger partial charge on any atom is -1.00 e. The van der Waals surface area contributed by atoms with Gasteiger partial charge in [-0.05, 0) is 35.6 Å². The zero-order valence-electron chi connectivity index (χ0n) is 18.2. The first-order valence-corrected chi connectivity index (χ1v) is 9.51. The Morgan fingerprint density at radius 3 is 2.09 bits per heavy atom. The molecule has 0 aliphatic heterocycles. The standard InChI is InChI=1S/C17H11.C7H13NO.2CH3.2ClH.H4Si.Ti/c1-3-8-14-12(6-1)13-7-2-4-9-15(13)17-11-5-10-16(14)17;8-7(9)6-4-2-1-3-5-6;;;;;;/h1-8,10H,11H2;6H,1-5H2,(H2,8,9);2*1H3;2*1H;1H4;/q-1;;2*-1;;;;+2/p-3. The summed E-state index contributed by atoms with van der Waals surface area (Å²) in [5.74, 6) is -0.270. The molecular formula is C26H33Cl2NOSiTi-4. The Hall–Kier alpha value is -1.10. The van der Waals surface area contributed by atoms with E-state index < -0.39 is 0 Å². The number of benzene rings is 3. The monoisotopic (exact) mass is 521 g/mol. The molecule has 1 N–H and O–H groups in total. The Morgan fingerprint density at radius 2 is 1.50 bits per heavy atom. The van der Waals surface area contributed by atoms with Crippen molar-refractivity contribution in [2.24, 2.45) is 5.92 Å². The van der Waals surface area contributed by atoms with E-state index in [0.29, 0.717) is 0 Å². The van der Waals surface area contributed by atoms with Gasteiger partial charge in [0.05, 0.1) is 5.91 Å². The molecular weight excluding hydrogens is 489 g/mol. The minimum atomic E-state index is -0.352. The second-order valence-electron chi connectivity index (χ2n) is 7.20. The Labute approximate surface area is 225 Å². The maximum Gasteiger partial charge on any atom is 2.00 e. The van der Waals surface area contributed by atoms with E-state index in [0.717, 1.165) is 32.1 Å². The summed E-state index contributed by atoms with van der Waals surface area (Å²) in [4.78, 5) is 10.5. The number of carbonyl (C=O) groups is 1. The third kappa shape index (κ3) is 7.46. The molecule has 0 aromatic heterocycles. The smallest absolute Gasteiger partial charge is 1.00 e. The van der Waals surface area contributed by atoms with Crippen molar-refractivity contribution >= 4 is 44.5 Å². The molecule has 5 rings (SSSR count). The van der Waals surface area contributed by atoms with E-state index in [9.17, 15) is 4.79 Å². The van der Waals surface area contributed by atoms with Crippen molar-refractivity contribution in [1.82, 2.24) is 0 Å². The van der Waals surface area contributed by atoms with Gasteiger partial charge in [-0.1, -0.05) is 66.6 Å². The summed E-state index contributed by atoms with van der Waals surface area (Å²) < 4.78 is 0. The topological polar surface area (TPSA) is 40.9 Å². The van der Waals surface area contributed by atoms with Crippen molar-refractivity contribution in [3.8, 4) is 0 Å². The number of nitrogens with one attached hydrogen (secondary N) is 1. The van der Waals surface area contributed by atoms with Gasteiger partial charge in [0.15, 0.2) is 0 Å². The molecule has 0 radical (unpaired) electrons. The number of rotatable bonds is 1. The van der Waals surface area contributed by atoms with Crippen molar-refractivity contribution in [2.75, 3.05) is 0 Å². The van der Waals surface area contributed by atoms with Crippen LogP contribution >= 0.6 is 0 Å². The Bertz CT molecular complexity index is 1000. The fourth-order valence-electron chi connectivity index (χ4n) is 4.22. The summed E-state index contributed by atoms with van der Waals surface area (Å²) in [5, 5.41) is 5.31. The molecule has 174 valence electrons. The summed E-state index contributed by atoms with van der Waals surface area (Å²) in [7, 11) is 0. The van der Waals surface area contributed by atoms with Crippen LogP contribution in [0.2, 0.25) is 0 Å². The number of halogens is 2. The SMILES string of the molecule is [CH3-].[CH3-].[Cl-].[Cl-].[NH-]C(=O)C1CCCCC1.[SiH4].[Ti+2].[c-]1cccc2c1c1c(c3ccccc32)C=CC1. The van der Waals surface area contributed by atoms with Crippen molar-refractivity contribution < 1.29 is 51.3 Å². The summed E-state index contributed by atoms with van der Waals surface area (Å²) in [5.41, 5.74) is 9.65. The first kappa shape index (κ1) is 35.5. The number of carbonyl (C=O) groups excluding carboxylic acids is 1. The molecule has 2 aliphatic carbocycles. The molecule has 0 atom stereocenters. The molecule has 0 unspecified atom stereocenters. The summed E-state index contributed by atoms with van der Waals surface area (Å²) >= 11 is 0. The van der Waals surface area contributed by atoms with Gasteiger partial charge in [-0.15, -0.1) is 40.6 Å². The third-order valence-electron chi connectivity index (χ3n) is 5.57. The van der Waals surface area contributed by atoms with E-state index >= 15 is 0 Å². The van der Waals surface area contributed by atoms with Crippen LogP contribution in [-0.2, 0) is 32.9 Å². The van der Waals surface area contributed by atoms with Crippen molar-refractivity contribution in [1.29, 1.82) is 0 Å². The number of allylic oxidation sites excluding steroid dienone is 1. The van der Waals surface area contributed by atoms with Gasteiger partial charge in [-0.2, -0.15) is 0 Å². The van der Waals surface area contributed by atoms with Crippen LogP contribution in [0.3, 0.4) is 0 Å². The van der Waals surface area contributed by atoms with Gasteiger partial charge in [0, 0.05) is 5.92 Å². The normalized spacial score (nSPS) is 13.2. The zero-order chi connectivity index (χ0) is 17.9. The molecule has 0 saturated heterocycles. The molecule has 3 aromatic rings. The van der Waals surface area contributed by atoms with Gasteiger partial charge in [0.1, 0.15) is 0 Å². The van der Waals surface area contributed by atoms with Crippen LogP contribution in [0, 0.1) is 26.8 Å². The Morgan fingerprint density at radius 1 is 0.906 bits per heavy atom. The molecule has 2 aliphatic rings. The molecule has 1 amide bonds. The van der Waals surface area contributed by atoms with Gasteiger partial charge < -0.3 is 50.2 Å². The zero-order valence-corrected chi connectivity index (χ0v) is 21.3. The minimum absolute atomic E-state index is 0. The number of fused-ring (bicyclic) bond motifs is 6. The Kier molecular flexibility index (Phi) is 18.3. The van der Waals surface area contributed by atoms with Gasteiger partial charge in [0.2, 0.25) is 0 Å². The van der Waals surface area contributed by atoms with Crippen LogP contribution in [0.4, 0.5) is 0 Å². The largest absolute Gasteiger partial charge is 2.00 e. The number of hydrogen-bond acceptors (Lipinski definition) is 1. The van der Waals surface area contributed by atoms with Crippen molar-refractivity contribution in [3.05, 3.63) is 86.3 Å². The molecule has 1 fully saturated rings. The second kappa shape index (κ2) is 16.5. The molecule has 32 heavy (non-hydrogen) atoms. The molecule has 1 saturated carbocycles. The van der Waals surface area contributed by atoms with E-state index in [1.54, 1.807) is 0 Å². The van der Waals surface area contributed by atoms with Crippen molar-refractivity contribution in [2.45, 2.75) is 38.5 Å². The van der Waals surface area contributed by atoms with Crippen LogP contribution in [0.15, 0.2) is 48.5 Å². The fraction of sp³-hybridized carbons (Fsp3) is 0.269. The molecule has 2 nitrogen and oxygen atoms in total. The summed E-state index contributed by atoms with van der Waals surface area (Å²) in [6.45, 7) is 0. The molecule has 0 heterocycles. The predicted octanol–water partition coefficient (Wildman–Crippen LogP) is -0.0375. The van der Waals surface area contributed by atoms with Gasteiger partial charge in [-0.25, -0.2) is 0 Å². The first-order valence-electron chi connectivity index (χ1n) is 9.51. The maximum atomic E-state index is 10.5. The van der Waals surface area contributed by atoms with Crippen LogP contribution in [0.25, 0.3) is 33.4 Å². The molecule has 0 bridgehead atoms. The second-order valence-corrected chi connectivity index (χ2v) is 7.20. The van der Waals surface area contributed by atoms with E-state index in [-0.39, 0.29) is 84.2 Å². The quantitative estimate of drug-likeness (QED) is 0.252. The Balaban J connectivity index is -0.000000500. The molecule has 6 heteroatoms. The average Bonchev–Trinajstić information content (AvgIpc) is 3.20. The number of amides is 1. The van der Waals surface area contributed by atoms with Gasteiger partial charge in [-0.3, -0.25) is 0 Å². The van der Waals surface area contributed by atoms with E-state index in [1.165, 1.54) is 39.1 Å². The third-order valence-corrected chi connectivity index (χ3v) is 5.57. The van der Waals surface area contributed by atoms with E-state index in [4.69, 9.17) is 5.73 Å². The fourth-order valence-corrected chi connectivity index (χ4v) is 4.22. The van der Waals surface area contributed by atoms with Crippen LogP contribution in [0.1, 0.15) is 43.2 Å². The van der Waals surface area contributed by atoms with Crippen LogP contribution in [-0.4, -0.2) is 16.9 Å². The predicted molar refractivity (Wildman–Crippen MR) is 133 cm³/mol. The van der Waals surface area contributed by atoms with Gasteiger partial charge in [0.25, 0.3) is 0 Å². The summed E-state index contributed by atoms with van der Waals surface area (Å²) in [6.07, 6.45) is 11.0. The summed E-state index contributed by atoms with van der Waals surface area (Å²) in [6, 6.07) is 18.3. The van der Waals surface area contributed by atoms with Crippen LogP contribution in [0.5, 0.6) is 0 Å². The van der Waals surface area contributed by atoms with E-state index in [1.807, 2.05) is 6.07 Å². The maximum absolute atomic E-state index is 10.5. The first-order chi connectivity index (χ1) is 12.8. The van der Waals surface area contributed by atoms with Crippen LogP contribution < -0.4 is 24.8 Å². The van der Waals surface area contributed by atoms with Gasteiger partial charge >= 0.3 is 21.7 Å². The van der Waals surface area contributed by atoms with E-state index in [2.05, 4.69) is 54.6 Å². The van der Waals surface area contributed by atoms with Crippen molar-refractivity contribution in [3.63, 3.8) is 0 Å². The average molecular weight is 522 g/mol. The molecule has 3 aromatic carbocycles. The number of hydrogen-bond donors (Lipinski definition) is 0. The molecule has 0 spiro atoms.